The van der Waals surface area contributed by atoms with E-state index in [1.165, 1.54) is 33.3 Å². The lowest BCUT2D eigenvalue weighted by atomic mass is 9.33. The molecule has 5 heteroatoms. The van der Waals surface area contributed by atoms with Crippen LogP contribution in [0.25, 0.3) is 21.9 Å². The zero-order chi connectivity index (χ0) is 38.3. The maximum absolute atomic E-state index is 7.07. The molecule has 0 fully saturated rings. The van der Waals surface area contributed by atoms with Gasteiger partial charge in [0.1, 0.15) is 5.58 Å². The Bertz CT molecular complexity index is 2860. The summed E-state index contributed by atoms with van der Waals surface area (Å²) in [7, 11) is 0. The van der Waals surface area contributed by atoms with Gasteiger partial charge in [-0.3, -0.25) is 0 Å². The maximum atomic E-state index is 7.07. The number of furan rings is 1. The zero-order valence-electron chi connectivity index (χ0n) is 32.2. The molecular weight excluding hydrogens is 693 g/mol. The van der Waals surface area contributed by atoms with E-state index in [2.05, 4.69) is 224 Å². The van der Waals surface area contributed by atoms with Crippen molar-refractivity contribution in [3.63, 3.8) is 0 Å². The zero-order valence-corrected chi connectivity index (χ0v) is 32.2. The van der Waals surface area contributed by atoms with Gasteiger partial charge in [-0.25, -0.2) is 0 Å². The molecule has 1 aromatic heterocycles. The van der Waals surface area contributed by atoms with E-state index in [4.69, 9.17) is 4.42 Å². The van der Waals surface area contributed by atoms with Crippen LogP contribution < -0.4 is 31.1 Å². The molecule has 0 amide bonds. The molecule has 0 saturated heterocycles. The first-order valence-electron chi connectivity index (χ1n) is 19.8. The standard InChI is InChI=1S/C52H40BN3O/c1-52(2,3)41-27-17-25-39-40-26-18-32-46(51(40)57-50(39)41)54(35-19-7-4-8-20-35)38-33-47-49-48(34-38)56(37-23-11-6-12-24-37)45-31-16-14-29-43(45)53(49)42-28-13-15-30-44(42)55(47)36-21-9-5-10-22-36/h4-34H,1-3H3. The van der Waals surface area contributed by atoms with Crippen molar-refractivity contribution in [2.75, 3.05) is 14.7 Å². The summed E-state index contributed by atoms with van der Waals surface area (Å²) in [6.07, 6.45) is 0. The van der Waals surface area contributed by atoms with Crippen molar-refractivity contribution >= 4 is 96.2 Å². The molecule has 272 valence electrons. The third-order valence-corrected chi connectivity index (χ3v) is 11.7. The van der Waals surface area contributed by atoms with Gasteiger partial charge < -0.3 is 19.1 Å². The van der Waals surface area contributed by atoms with Gasteiger partial charge in [0, 0.05) is 56.1 Å². The number of nitrogens with zero attached hydrogens (tertiary/aromatic N) is 3. The molecule has 11 rings (SSSR count). The average Bonchev–Trinajstić information content (AvgIpc) is 3.64. The fourth-order valence-corrected chi connectivity index (χ4v) is 9.30. The molecule has 57 heavy (non-hydrogen) atoms. The molecule has 9 aromatic rings. The fourth-order valence-electron chi connectivity index (χ4n) is 9.30. The van der Waals surface area contributed by atoms with E-state index in [0.717, 1.165) is 61.8 Å². The summed E-state index contributed by atoms with van der Waals surface area (Å²) in [5.41, 5.74) is 16.8. The van der Waals surface area contributed by atoms with E-state index in [9.17, 15) is 0 Å². The fraction of sp³-hybridized carbons (Fsp3) is 0.0769. The Morgan fingerprint density at radius 2 is 0.947 bits per heavy atom. The minimum Gasteiger partial charge on any atom is -0.454 e. The van der Waals surface area contributed by atoms with Crippen molar-refractivity contribution < 1.29 is 4.42 Å². The van der Waals surface area contributed by atoms with E-state index < -0.39 is 0 Å². The van der Waals surface area contributed by atoms with E-state index in [1.54, 1.807) is 0 Å². The summed E-state index contributed by atoms with van der Waals surface area (Å²) in [5.74, 6) is 0. The molecule has 0 atom stereocenters. The second-order valence-electron chi connectivity index (χ2n) is 16.1. The van der Waals surface area contributed by atoms with E-state index >= 15 is 0 Å². The van der Waals surface area contributed by atoms with Crippen LogP contribution in [0.3, 0.4) is 0 Å². The molecule has 0 aliphatic carbocycles. The van der Waals surface area contributed by atoms with Crippen molar-refractivity contribution in [1.29, 1.82) is 0 Å². The topological polar surface area (TPSA) is 22.9 Å². The normalized spacial score (nSPS) is 13.1. The Labute approximate surface area is 333 Å². The number of rotatable bonds is 5. The third-order valence-electron chi connectivity index (χ3n) is 11.7. The SMILES string of the molecule is CC(C)(C)c1cccc2c1oc1c(N(c3ccccc3)c3cc4c5c(c3)N(c3ccccc3)c3ccccc3B5c3ccccc3N4c3ccccc3)cccc12. The van der Waals surface area contributed by atoms with Gasteiger partial charge in [-0.05, 0) is 88.5 Å². The molecule has 0 spiro atoms. The Hall–Kier alpha value is -6.98. The summed E-state index contributed by atoms with van der Waals surface area (Å²) < 4.78 is 7.07. The predicted molar refractivity (Wildman–Crippen MR) is 241 cm³/mol. The van der Waals surface area contributed by atoms with Gasteiger partial charge in [-0.2, -0.15) is 0 Å². The van der Waals surface area contributed by atoms with Crippen LogP contribution in [0.15, 0.2) is 192 Å². The van der Waals surface area contributed by atoms with Crippen LogP contribution in [-0.4, -0.2) is 6.71 Å². The van der Waals surface area contributed by atoms with Gasteiger partial charge >= 0.3 is 0 Å². The first-order valence-corrected chi connectivity index (χ1v) is 19.8. The number of hydrogen-bond acceptors (Lipinski definition) is 4. The Balaban J connectivity index is 1.26. The summed E-state index contributed by atoms with van der Waals surface area (Å²) >= 11 is 0. The van der Waals surface area contributed by atoms with Crippen molar-refractivity contribution in [3.8, 4) is 0 Å². The Morgan fingerprint density at radius 1 is 0.456 bits per heavy atom. The van der Waals surface area contributed by atoms with Crippen LogP contribution in [0, 0.1) is 0 Å². The van der Waals surface area contributed by atoms with E-state index in [0.29, 0.717) is 0 Å². The second kappa shape index (κ2) is 12.8. The minimum atomic E-state index is -0.0846. The first kappa shape index (κ1) is 33.4. The first-order chi connectivity index (χ1) is 28.0. The number of fused-ring (bicyclic) bond motifs is 7. The summed E-state index contributed by atoms with van der Waals surface area (Å²) in [5, 5.41) is 2.24. The van der Waals surface area contributed by atoms with E-state index in [-0.39, 0.29) is 12.1 Å². The van der Waals surface area contributed by atoms with Gasteiger partial charge in [0.2, 0.25) is 0 Å². The number of anilines is 9. The maximum Gasteiger partial charge on any atom is 0.252 e. The van der Waals surface area contributed by atoms with Gasteiger partial charge in [0.15, 0.2) is 5.58 Å². The van der Waals surface area contributed by atoms with Gasteiger partial charge in [0.25, 0.3) is 6.71 Å². The van der Waals surface area contributed by atoms with Crippen LogP contribution in [-0.2, 0) is 5.41 Å². The summed E-state index contributed by atoms with van der Waals surface area (Å²) in [6, 6.07) is 68.2. The second-order valence-corrected chi connectivity index (χ2v) is 16.1. The number of benzene rings is 8. The molecule has 2 aliphatic rings. The molecule has 4 nitrogen and oxygen atoms in total. The molecule has 3 heterocycles. The van der Waals surface area contributed by atoms with Crippen molar-refractivity contribution in [2.45, 2.75) is 26.2 Å². The molecular formula is C52H40BN3O. The highest BCUT2D eigenvalue weighted by molar-refractivity contribution is 7.00. The van der Waals surface area contributed by atoms with Crippen LogP contribution in [0.5, 0.6) is 0 Å². The lowest BCUT2D eigenvalue weighted by Crippen LogP contribution is -2.61. The summed E-state index contributed by atoms with van der Waals surface area (Å²) in [6.45, 7) is 6.80. The van der Waals surface area contributed by atoms with Crippen LogP contribution >= 0.6 is 0 Å². The van der Waals surface area contributed by atoms with Gasteiger partial charge in [0.05, 0.1) is 11.4 Å². The number of para-hydroxylation sites is 7. The van der Waals surface area contributed by atoms with E-state index in [1.807, 2.05) is 0 Å². The van der Waals surface area contributed by atoms with Gasteiger partial charge in [-0.15, -0.1) is 0 Å². The molecule has 8 aromatic carbocycles. The molecule has 0 N–H and O–H groups in total. The highest BCUT2D eigenvalue weighted by Gasteiger charge is 2.43. The van der Waals surface area contributed by atoms with Gasteiger partial charge in [-0.1, -0.05) is 142 Å². The van der Waals surface area contributed by atoms with Crippen molar-refractivity contribution in [2.24, 2.45) is 0 Å². The predicted octanol–water partition coefficient (Wildman–Crippen LogP) is 12.4. The highest BCUT2D eigenvalue weighted by atomic mass is 16.3. The average molecular weight is 734 g/mol. The smallest absolute Gasteiger partial charge is 0.252 e. The Morgan fingerprint density at radius 3 is 1.51 bits per heavy atom. The molecule has 0 unspecified atom stereocenters. The quantitative estimate of drug-likeness (QED) is 0.164. The molecule has 0 radical (unpaired) electrons. The lowest BCUT2D eigenvalue weighted by Gasteiger charge is -2.45. The van der Waals surface area contributed by atoms with Crippen molar-refractivity contribution in [3.05, 3.63) is 194 Å². The van der Waals surface area contributed by atoms with Crippen LogP contribution in [0.4, 0.5) is 51.2 Å². The monoisotopic (exact) mass is 733 g/mol. The molecule has 0 bridgehead atoms. The summed E-state index contributed by atoms with van der Waals surface area (Å²) in [4.78, 5) is 7.32. The highest BCUT2D eigenvalue weighted by Crippen LogP contribution is 2.49. The van der Waals surface area contributed by atoms with Crippen LogP contribution in [0.2, 0.25) is 0 Å². The third kappa shape index (κ3) is 5.15. The number of hydrogen-bond donors (Lipinski definition) is 0. The van der Waals surface area contributed by atoms with Crippen molar-refractivity contribution in [1.82, 2.24) is 0 Å². The largest absolute Gasteiger partial charge is 0.454 e. The van der Waals surface area contributed by atoms with Crippen LogP contribution in [0.1, 0.15) is 26.3 Å². The lowest BCUT2D eigenvalue weighted by molar-refractivity contribution is 0.573. The minimum absolute atomic E-state index is 0.0381. The Kier molecular flexibility index (Phi) is 7.49. The molecule has 2 aliphatic heterocycles. The molecule has 0 saturated carbocycles.